The number of hydrogen-bond donors (Lipinski definition) is 2. The molecule has 128 valence electrons. The summed E-state index contributed by atoms with van der Waals surface area (Å²) in [4.78, 5) is 12.5. The van der Waals surface area contributed by atoms with Crippen LogP contribution < -0.4 is 15.4 Å². The van der Waals surface area contributed by atoms with Gasteiger partial charge in [0.15, 0.2) is 0 Å². The summed E-state index contributed by atoms with van der Waals surface area (Å²) in [6.07, 6.45) is 2.04. The van der Waals surface area contributed by atoms with E-state index in [2.05, 4.69) is 10.6 Å². The van der Waals surface area contributed by atoms with Crippen LogP contribution in [-0.4, -0.2) is 46.4 Å². The van der Waals surface area contributed by atoms with E-state index in [4.69, 9.17) is 9.47 Å². The highest BCUT2D eigenvalue weighted by molar-refractivity contribution is 5.83. The topological polar surface area (TPSA) is 59.6 Å². The van der Waals surface area contributed by atoms with Gasteiger partial charge < -0.3 is 20.1 Å². The maximum atomic E-state index is 12.5. The molecule has 0 saturated carbocycles. The fourth-order valence-electron chi connectivity index (χ4n) is 3.13. The fraction of sp³-hybridized carbons (Fsp3) is 0.611. The van der Waals surface area contributed by atoms with Crippen molar-refractivity contribution in [1.82, 2.24) is 10.6 Å². The van der Waals surface area contributed by atoms with Gasteiger partial charge in [-0.15, -0.1) is 0 Å². The zero-order valence-corrected chi connectivity index (χ0v) is 14.4. The molecular weight excluding hydrogens is 292 g/mol. The van der Waals surface area contributed by atoms with Gasteiger partial charge in [0.1, 0.15) is 5.75 Å². The zero-order chi connectivity index (χ0) is 16.7. The van der Waals surface area contributed by atoms with Crippen LogP contribution in [0.4, 0.5) is 0 Å². The number of amides is 1. The minimum absolute atomic E-state index is 0.0454. The Hall–Kier alpha value is -1.59. The Morgan fingerprint density at radius 1 is 1.35 bits per heavy atom. The van der Waals surface area contributed by atoms with Gasteiger partial charge in [0.25, 0.3) is 0 Å². The van der Waals surface area contributed by atoms with Crippen molar-refractivity contribution >= 4 is 5.91 Å². The molecule has 1 amide bonds. The molecule has 1 atom stereocenters. The summed E-state index contributed by atoms with van der Waals surface area (Å²) in [6.45, 7) is 5.23. The Bertz CT molecular complexity index is 507. The molecule has 0 radical (unpaired) electrons. The van der Waals surface area contributed by atoms with E-state index in [-0.39, 0.29) is 17.2 Å². The van der Waals surface area contributed by atoms with Crippen molar-refractivity contribution in [1.29, 1.82) is 0 Å². The van der Waals surface area contributed by atoms with Gasteiger partial charge in [0.2, 0.25) is 5.91 Å². The minimum atomic E-state index is -0.202. The molecule has 23 heavy (non-hydrogen) atoms. The predicted molar refractivity (Wildman–Crippen MR) is 90.8 cm³/mol. The van der Waals surface area contributed by atoms with Gasteiger partial charge in [-0.25, -0.2) is 0 Å². The molecule has 1 fully saturated rings. The lowest BCUT2D eigenvalue weighted by Crippen LogP contribution is -2.47. The first-order chi connectivity index (χ1) is 11.1. The monoisotopic (exact) mass is 320 g/mol. The second kappa shape index (κ2) is 8.31. The van der Waals surface area contributed by atoms with Crippen molar-refractivity contribution in [3.8, 4) is 5.75 Å². The molecule has 1 aliphatic heterocycles. The van der Waals surface area contributed by atoms with Crippen molar-refractivity contribution in [2.45, 2.75) is 25.7 Å². The van der Waals surface area contributed by atoms with Gasteiger partial charge in [0.05, 0.1) is 19.6 Å². The summed E-state index contributed by atoms with van der Waals surface area (Å²) in [5.74, 6) is 0.620. The molecule has 1 aliphatic rings. The first-order valence-electron chi connectivity index (χ1n) is 8.21. The summed E-state index contributed by atoms with van der Waals surface area (Å²) < 4.78 is 10.6. The fourth-order valence-corrected chi connectivity index (χ4v) is 3.13. The molecule has 0 aromatic heterocycles. The molecular formula is C18H28N2O3. The molecule has 2 N–H and O–H groups in total. The Morgan fingerprint density at radius 3 is 2.74 bits per heavy atom. The number of carbonyl (C=O) groups is 1. The van der Waals surface area contributed by atoms with E-state index in [1.807, 2.05) is 31.2 Å². The van der Waals surface area contributed by atoms with Crippen LogP contribution in [0.1, 0.15) is 31.2 Å². The second-order valence-corrected chi connectivity index (χ2v) is 6.40. The molecule has 1 aromatic carbocycles. The van der Waals surface area contributed by atoms with Crippen LogP contribution in [0.25, 0.3) is 0 Å². The van der Waals surface area contributed by atoms with Crippen LogP contribution >= 0.6 is 0 Å². The van der Waals surface area contributed by atoms with E-state index < -0.39 is 0 Å². The Labute approximate surface area is 138 Å². The summed E-state index contributed by atoms with van der Waals surface area (Å²) in [6, 6.07) is 7.68. The summed E-state index contributed by atoms with van der Waals surface area (Å²) >= 11 is 0. The van der Waals surface area contributed by atoms with Crippen molar-refractivity contribution < 1.29 is 14.3 Å². The maximum Gasteiger partial charge on any atom is 0.227 e. The Balaban J connectivity index is 1.96. The van der Waals surface area contributed by atoms with Gasteiger partial charge in [-0.1, -0.05) is 12.1 Å². The maximum absolute atomic E-state index is 12.5. The Morgan fingerprint density at radius 2 is 2.09 bits per heavy atom. The highest BCUT2D eigenvalue weighted by Crippen LogP contribution is 2.29. The zero-order valence-electron chi connectivity index (χ0n) is 14.4. The number of hydrogen-bond acceptors (Lipinski definition) is 4. The lowest BCUT2D eigenvalue weighted by molar-refractivity contribution is -0.123. The van der Waals surface area contributed by atoms with Crippen molar-refractivity contribution in [3.63, 3.8) is 0 Å². The van der Waals surface area contributed by atoms with Gasteiger partial charge in [-0.05, 0) is 50.6 Å². The number of rotatable bonds is 7. The minimum Gasteiger partial charge on any atom is -0.497 e. The van der Waals surface area contributed by atoms with Crippen molar-refractivity contribution in [2.24, 2.45) is 5.41 Å². The van der Waals surface area contributed by atoms with Crippen LogP contribution in [0, 0.1) is 5.41 Å². The molecule has 0 spiro atoms. The normalized spacial score (nSPS) is 18.2. The molecule has 0 bridgehead atoms. The second-order valence-electron chi connectivity index (χ2n) is 6.40. The molecule has 2 rings (SSSR count). The molecule has 1 unspecified atom stereocenters. The number of piperidine rings is 1. The van der Waals surface area contributed by atoms with Gasteiger partial charge >= 0.3 is 0 Å². The van der Waals surface area contributed by atoms with E-state index in [0.717, 1.165) is 37.2 Å². The number of nitrogens with one attached hydrogen (secondary N) is 2. The van der Waals surface area contributed by atoms with Crippen LogP contribution in [-0.2, 0) is 9.53 Å². The first kappa shape index (κ1) is 17.8. The molecule has 0 aliphatic carbocycles. The average Bonchev–Trinajstić information content (AvgIpc) is 2.60. The molecule has 5 heteroatoms. The third-order valence-corrected chi connectivity index (χ3v) is 4.74. The standard InChI is InChI=1S/C18H28N2O3/c1-14(15-5-4-6-16(11-15)23-3)17(21)20-12-18(13-22-2)7-9-19-10-8-18/h4-6,11,14,19H,7-10,12-13H2,1-3H3,(H,20,21). The van der Waals surface area contributed by atoms with Crippen LogP contribution in [0.2, 0.25) is 0 Å². The third kappa shape index (κ3) is 4.69. The highest BCUT2D eigenvalue weighted by Gasteiger charge is 2.33. The number of methoxy groups -OCH3 is 2. The first-order valence-corrected chi connectivity index (χ1v) is 8.21. The van der Waals surface area contributed by atoms with E-state index in [9.17, 15) is 4.79 Å². The van der Waals surface area contributed by atoms with Crippen molar-refractivity contribution in [3.05, 3.63) is 29.8 Å². The van der Waals surface area contributed by atoms with Crippen LogP contribution in [0.3, 0.4) is 0 Å². The van der Waals surface area contributed by atoms with Gasteiger partial charge in [-0.2, -0.15) is 0 Å². The SMILES string of the molecule is COCC1(CNC(=O)C(C)c2cccc(OC)c2)CCNCC1. The molecule has 1 aromatic rings. The summed E-state index contributed by atoms with van der Waals surface area (Å²) in [5, 5.41) is 6.49. The van der Waals surface area contributed by atoms with E-state index in [1.54, 1.807) is 14.2 Å². The average molecular weight is 320 g/mol. The van der Waals surface area contributed by atoms with Gasteiger partial charge in [0, 0.05) is 19.1 Å². The summed E-state index contributed by atoms with van der Waals surface area (Å²) in [5.41, 5.74) is 1.01. The molecule has 1 saturated heterocycles. The predicted octanol–water partition coefficient (Wildman–Crippen LogP) is 1.93. The quantitative estimate of drug-likeness (QED) is 0.806. The summed E-state index contributed by atoms with van der Waals surface area (Å²) in [7, 11) is 3.36. The lowest BCUT2D eigenvalue weighted by Gasteiger charge is -2.37. The number of benzene rings is 1. The smallest absolute Gasteiger partial charge is 0.227 e. The van der Waals surface area contributed by atoms with Crippen LogP contribution in [0.5, 0.6) is 5.75 Å². The van der Waals surface area contributed by atoms with E-state index in [1.165, 1.54) is 0 Å². The molecule has 1 heterocycles. The molecule has 5 nitrogen and oxygen atoms in total. The number of ether oxygens (including phenoxy) is 2. The van der Waals surface area contributed by atoms with E-state index >= 15 is 0 Å². The largest absolute Gasteiger partial charge is 0.497 e. The van der Waals surface area contributed by atoms with Gasteiger partial charge in [-0.3, -0.25) is 4.79 Å². The lowest BCUT2D eigenvalue weighted by atomic mass is 9.79. The van der Waals surface area contributed by atoms with E-state index in [0.29, 0.717) is 13.2 Å². The van der Waals surface area contributed by atoms with Crippen LogP contribution in [0.15, 0.2) is 24.3 Å². The third-order valence-electron chi connectivity index (χ3n) is 4.74. The highest BCUT2D eigenvalue weighted by atomic mass is 16.5. The Kier molecular flexibility index (Phi) is 6.42. The number of carbonyl (C=O) groups excluding carboxylic acids is 1. The van der Waals surface area contributed by atoms with Crippen molar-refractivity contribution in [2.75, 3.05) is 40.5 Å².